The first kappa shape index (κ1) is 14.6. The maximum atomic E-state index is 11.5. The largest absolute Gasteiger partial charge is 0.497 e. The average Bonchev–Trinajstić information content (AvgIpc) is 2.33. The molecule has 100 valence electrons. The highest BCUT2D eigenvalue weighted by Gasteiger charge is 2.10. The van der Waals surface area contributed by atoms with Crippen LogP contribution in [0.15, 0.2) is 18.2 Å². The maximum absolute atomic E-state index is 11.5. The topological polar surface area (TPSA) is 35.5 Å². The van der Waals surface area contributed by atoms with Crippen molar-refractivity contribution in [3.05, 3.63) is 23.8 Å². The summed E-state index contributed by atoms with van der Waals surface area (Å²) in [6, 6.07) is 5.29. The SMILES string of the molecule is COc1ccc(C(C)=O)c(OCCCC(C)C)c1. The molecule has 0 aliphatic carbocycles. The minimum Gasteiger partial charge on any atom is -0.497 e. The number of carbonyl (C=O) groups excluding carboxylic acids is 1. The number of carbonyl (C=O) groups is 1. The Labute approximate surface area is 109 Å². The molecule has 1 rings (SSSR count). The lowest BCUT2D eigenvalue weighted by Crippen LogP contribution is -2.04. The number of methoxy groups -OCH3 is 1. The van der Waals surface area contributed by atoms with Crippen LogP contribution in [-0.4, -0.2) is 19.5 Å². The summed E-state index contributed by atoms with van der Waals surface area (Å²) in [5.41, 5.74) is 0.611. The predicted octanol–water partition coefficient (Wildman–Crippen LogP) is 3.71. The average molecular weight is 250 g/mol. The van der Waals surface area contributed by atoms with Gasteiger partial charge in [-0.3, -0.25) is 4.79 Å². The molecule has 0 saturated carbocycles. The van der Waals surface area contributed by atoms with Crippen molar-refractivity contribution >= 4 is 5.78 Å². The fourth-order valence-electron chi connectivity index (χ4n) is 1.71. The number of ether oxygens (including phenoxy) is 2. The molecule has 0 spiro atoms. The molecule has 0 radical (unpaired) electrons. The third-order valence-corrected chi connectivity index (χ3v) is 2.75. The van der Waals surface area contributed by atoms with Gasteiger partial charge < -0.3 is 9.47 Å². The van der Waals surface area contributed by atoms with Gasteiger partial charge in [-0.05, 0) is 37.8 Å². The zero-order valence-corrected chi connectivity index (χ0v) is 11.7. The molecule has 0 fully saturated rings. The Balaban J connectivity index is 2.69. The number of hydrogen-bond donors (Lipinski definition) is 0. The van der Waals surface area contributed by atoms with Crippen molar-refractivity contribution in [1.29, 1.82) is 0 Å². The fraction of sp³-hybridized carbons (Fsp3) is 0.533. The van der Waals surface area contributed by atoms with Crippen molar-refractivity contribution in [1.82, 2.24) is 0 Å². The van der Waals surface area contributed by atoms with E-state index in [0.717, 1.165) is 12.8 Å². The first-order chi connectivity index (χ1) is 8.54. The van der Waals surface area contributed by atoms with Crippen LogP contribution in [-0.2, 0) is 0 Å². The van der Waals surface area contributed by atoms with Crippen LogP contribution in [0.2, 0.25) is 0 Å². The smallest absolute Gasteiger partial charge is 0.163 e. The van der Waals surface area contributed by atoms with E-state index in [0.29, 0.717) is 29.6 Å². The zero-order valence-electron chi connectivity index (χ0n) is 11.7. The lowest BCUT2D eigenvalue weighted by molar-refractivity contribution is 0.101. The maximum Gasteiger partial charge on any atom is 0.163 e. The second kappa shape index (κ2) is 7.04. The minimum absolute atomic E-state index is 0.0107. The summed E-state index contributed by atoms with van der Waals surface area (Å²) in [7, 11) is 1.60. The van der Waals surface area contributed by atoms with E-state index in [-0.39, 0.29) is 5.78 Å². The molecule has 0 unspecified atom stereocenters. The van der Waals surface area contributed by atoms with Crippen LogP contribution in [0, 0.1) is 5.92 Å². The summed E-state index contributed by atoms with van der Waals surface area (Å²) < 4.78 is 10.8. The van der Waals surface area contributed by atoms with Crippen molar-refractivity contribution in [2.45, 2.75) is 33.6 Å². The van der Waals surface area contributed by atoms with Gasteiger partial charge in [-0.15, -0.1) is 0 Å². The molecule has 0 amide bonds. The highest BCUT2D eigenvalue weighted by Crippen LogP contribution is 2.25. The molecule has 0 saturated heterocycles. The van der Waals surface area contributed by atoms with Gasteiger partial charge in [0, 0.05) is 6.07 Å². The van der Waals surface area contributed by atoms with Crippen LogP contribution in [0.3, 0.4) is 0 Å². The lowest BCUT2D eigenvalue weighted by Gasteiger charge is -2.12. The van der Waals surface area contributed by atoms with E-state index in [1.807, 2.05) is 0 Å². The van der Waals surface area contributed by atoms with Crippen LogP contribution in [0.4, 0.5) is 0 Å². The summed E-state index contributed by atoms with van der Waals surface area (Å²) in [6.45, 7) is 6.55. The molecule has 18 heavy (non-hydrogen) atoms. The Morgan fingerprint density at radius 2 is 2.06 bits per heavy atom. The van der Waals surface area contributed by atoms with E-state index in [2.05, 4.69) is 13.8 Å². The summed E-state index contributed by atoms with van der Waals surface area (Å²) in [5, 5.41) is 0. The molecule has 0 aliphatic heterocycles. The molecule has 1 aromatic rings. The van der Waals surface area contributed by atoms with Crippen molar-refractivity contribution in [3.8, 4) is 11.5 Å². The molecule has 3 heteroatoms. The molecule has 0 aromatic heterocycles. The van der Waals surface area contributed by atoms with E-state index in [1.165, 1.54) is 0 Å². The van der Waals surface area contributed by atoms with Gasteiger partial charge in [0.2, 0.25) is 0 Å². The normalized spacial score (nSPS) is 10.5. The van der Waals surface area contributed by atoms with Gasteiger partial charge >= 0.3 is 0 Å². The molecule has 1 aromatic carbocycles. The molecule has 3 nitrogen and oxygen atoms in total. The minimum atomic E-state index is 0.0107. The number of benzene rings is 1. The second-order valence-electron chi connectivity index (χ2n) is 4.80. The Hall–Kier alpha value is -1.51. The summed E-state index contributed by atoms with van der Waals surface area (Å²) in [6.07, 6.45) is 2.12. The Kier molecular flexibility index (Phi) is 5.69. The summed E-state index contributed by atoms with van der Waals surface area (Å²) in [4.78, 5) is 11.5. The van der Waals surface area contributed by atoms with E-state index < -0.39 is 0 Å². The Morgan fingerprint density at radius 3 is 2.61 bits per heavy atom. The van der Waals surface area contributed by atoms with Crippen LogP contribution in [0.1, 0.15) is 44.0 Å². The van der Waals surface area contributed by atoms with E-state index >= 15 is 0 Å². The quantitative estimate of drug-likeness (QED) is 0.546. The van der Waals surface area contributed by atoms with Crippen LogP contribution < -0.4 is 9.47 Å². The molecule has 0 bridgehead atoms. The van der Waals surface area contributed by atoms with E-state index in [1.54, 1.807) is 32.2 Å². The highest BCUT2D eigenvalue weighted by molar-refractivity contribution is 5.97. The first-order valence-corrected chi connectivity index (χ1v) is 6.36. The van der Waals surface area contributed by atoms with Crippen molar-refractivity contribution < 1.29 is 14.3 Å². The third-order valence-electron chi connectivity index (χ3n) is 2.75. The van der Waals surface area contributed by atoms with Crippen LogP contribution in [0.25, 0.3) is 0 Å². The van der Waals surface area contributed by atoms with Gasteiger partial charge in [-0.1, -0.05) is 13.8 Å². The highest BCUT2D eigenvalue weighted by atomic mass is 16.5. The third kappa shape index (κ3) is 4.40. The molecular weight excluding hydrogens is 228 g/mol. The second-order valence-corrected chi connectivity index (χ2v) is 4.80. The fourth-order valence-corrected chi connectivity index (χ4v) is 1.71. The van der Waals surface area contributed by atoms with Crippen molar-refractivity contribution in [3.63, 3.8) is 0 Å². The summed E-state index contributed by atoms with van der Waals surface area (Å²) in [5.74, 6) is 2.01. The number of ketones is 1. The number of Topliss-reactive ketones (excluding diaryl/α,β-unsaturated/α-hetero) is 1. The van der Waals surface area contributed by atoms with Gasteiger partial charge in [0.05, 0.1) is 19.3 Å². The number of rotatable bonds is 7. The lowest BCUT2D eigenvalue weighted by atomic mass is 10.1. The zero-order chi connectivity index (χ0) is 13.5. The van der Waals surface area contributed by atoms with E-state index in [9.17, 15) is 4.79 Å². The van der Waals surface area contributed by atoms with Crippen LogP contribution >= 0.6 is 0 Å². The van der Waals surface area contributed by atoms with Crippen molar-refractivity contribution in [2.75, 3.05) is 13.7 Å². The van der Waals surface area contributed by atoms with Gasteiger partial charge in [-0.25, -0.2) is 0 Å². The monoisotopic (exact) mass is 250 g/mol. The standard InChI is InChI=1S/C15H22O3/c1-11(2)6-5-9-18-15-10-13(17-4)7-8-14(15)12(3)16/h7-8,10-11H,5-6,9H2,1-4H3. The Bertz CT molecular complexity index is 397. The predicted molar refractivity (Wildman–Crippen MR) is 72.6 cm³/mol. The molecule has 0 aliphatic rings. The van der Waals surface area contributed by atoms with E-state index in [4.69, 9.17) is 9.47 Å². The molecular formula is C15H22O3. The first-order valence-electron chi connectivity index (χ1n) is 6.36. The van der Waals surface area contributed by atoms with Gasteiger partial charge in [0.1, 0.15) is 11.5 Å². The number of hydrogen-bond acceptors (Lipinski definition) is 3. The molecule has 0 N–H and O–H groups in total. The van der Waals surface area contributed by atoms with Gasteiger partial charge in [0.15, 0.2) is 5.78 Å². The Morgan fingerprint density at radius 1 is 1.33 bits per heavy atom. The van der Waals surface area contributed by atoms with Gasteiger partial charge in [-0.2, -0.15) is 0 Å². The summed E-state index contributed by atoms with van der Waals surface area (Å²) >= 11 is 0. The molecule has 0 heterocycles. The molecule has 0 atom stereocenters. The van der Waals surface area contributed by atoms with Crippen LogP contribution in [0.5, 0.6) is 11.5 Å². The van der Waals surface area contributed by atoms with Gasteiger partial charge in [0.25, 0.3) is 0 Å². The van der Waals surface area contributed by atoms with Crippen molar-refractivity contribution in [2.24, 2.45) is 5.92 Å².